The molecule has 8 nitrogen and oxygen atoms in total. The van der Waals surface area contributed by atoms with E-state index in [1.807, 2.05) is 48.5 Å². The van der Waals surface area contributed by atoms with Crippen LogP contribution in [-0.2, 0) is 16.3 Å². The number of rotatable bonds is 7. The van der Waals surface area contributed by atoms with Crippen LogP contribution in [0.3, 0.4) is 0 Å². The number of aromatic nitrogens is 2. The van der Waals surface area contributed by atoms with E-state index >= 15 is 0 Å². The largest absolute Gasteiger partial charge is 0.432 e. The summed E-state index contributed by atoms with van der Waals surface area (Å²) in [5, 5.41) is 10.8. The zero-order valence-electron chi connectivity index (χ0n) is 16.2. The van der Waals surface area contributed by atoms with Gasteiger partial charge < -0.3 is 15.4 Å². The Labute approximate surface area is 178 Å². The van der Waals surface area contributed by atoms with E-state index in [0.29, 0.717) is 11.4 Å². The molecule has 9 heteroatoms. The number of carbonyl (C=O) groups excluding carboxylic acids is 1. The number of hydrogen-bond donors (Lipinski definition) is 3. The molecule has 152 valence electrons. The van der Waals surface area contributed by atoms with Crippen molar-refractivity contribution in [2.24, 2.45) is 5.10 Å². The molecule has 0 aliphatic carbocycles. The first kappa shape index (κ1) is 19.7. The van der Waals surface area contributed by atoms with Gasteiger partial charge in [0, 0.05) is 30.9 Å². The van der Waals surface area contributed by atoms with Crippen molar-refractivity contribution in [3.8, 4) is 0 Å². The monoisotopic (exact) mass is 420 g/mol. The zero-order valence-corrected chi connectivity index (χ0v) is 17.0. The summed E-state index contributed by atoms with van der Waals surface area (Å²) < 4.78 is 5.86. The maximum absolute atomic E-state index is 11.8. The maximum Gasteiger partial charge on any atom is 0.305 e. The van der Waals surface area contributed by atoms with Gasteiger partial charge in [0.05, 0.1) is 5.56 Å². The van der Waals surface area contributed by atoms with Gasteiger partial charge in [-0.05, 0) is 42.0 Å². The van der Waals surface area contributed by atoms with Crippen molar-refractivity contribution < 1.29 is 9.53 Å². The van der Waals surface area contributed by atoms with Gasteiger partial charge in [-0.2, -0.15) is 0 Å². The van der Waals surface area contributed by atoms with Crippen LogP contribution in [0.1, 0.15) is 21.6 Å². The molecule has 3 heterocycles. The molecule has 0 saturated carbocycles. The fourth-order valence-corrected chi connectivity index (χ4v) is 3.95. The van der Waals surface area contributed by atoms with E-state index in [1.165, 1.54) is 18.2 Å². The van der Waals surface area contributed by atoms with Gasteiger partial charge in [-0.25, -0.2) is 10.4 Å². The third kappa shape index (κ3) is 4.20. The average Bonchev–Trinajstić information content (AvgIpc) is 3.27. The number of nitrogens with one attached hydrogen (secondary N) is 3. The summed E-state index contributed by atoms with van der Waals surface area (Å²) in [6.45, 7) is 0. The molecule has 30 heavy (non-hydrogen) atoms. The molecule has 0 fully saturated rings. The minimum atomic E-state index is -1.07. The van der Waals surface area contributed by atoms with Crippen LogP contribution in [0.5, 0.6) is 0 Å². The Bertz CT molecular complexity index is 1050. The van der Waals surface area contributed by atoms with Gasteiger partial charge in [-0.15, -0.1) is 16.9 Å². The van der Waals surface area contributed by atoms with Gasteiger partial charge in [0.2, 0.25) is 0 Å². The van der Waals surface area contributed by atoms with E-state index in [2.05, 4.69) is 31.1 Å². The number of benzene rings is 1. The van der Waals surface area contributed by atoms with Crippen molar-refractivity contribution in [1.82, 2.24) is 20.7 Å². The molecule has 1 aliphatic heterocycles. The third-order valence-electron chi connectivity index (χ3n) is 4.41. The van der Waals surface area contributed by atoms with Gasteiger partial charge in [-0.3, -0.25) is 9.78 Å². The number of hydrogen-bond acceptors (Lipinski definition) is 8. The van der Waals surface area contributed by atoms with Crippen molar-refractivity contribution in [3.63, 3.8) is 0 Å². The number of nitrogens with zero attached hydrogens (tertiary/aromatic N) is 3. The van der Waals surface area contributed by atoms with Crippen LogP contribution in [-0.4, -0.2) is 29.3 Å². The van der Waals surface area contributed by atoms with Gasteiger partial charge in [0.25, 0.3) is 5.91 Å². The average molecular weight is 420 g/mol. The molecule has 4 rings (SSSR count). The third-order valence-corrected chi connectivity index (χ3v) is 5.48. The van der Waals surface area contributed by atoms with Crippen LogP contribution in [0.4, 0.5) is 5.69 Å². The molecule has 2 aromatic heterocycles. The number of hydrazone groups is 1. The summed E-state index contributed by atoms with van der Waals surface area (Å²) in [6.07, 6.45) is 4.74. The topological polar surface area (TPSA) is 101 Å². The second-order valence-corrected chi connectivity index (χ2v) is 7.37. The Balaban J connectivity index is 1.58. The molecule has 0 bridgehead atoms. The number of thioether (sulfide) groups is 1. The number of carbonyl (C=O) groups is 1. The van der Waals surface area contributed by atoms with Gasteiger partial charge in [0.15, 0.2) is 6.40 Å². The van der Waals surface area contributed by atoms with E-state index in [9.17, 15) is 4.79 Å². The van der Waals surface area contributed by atoms with Gasteiger partial charge >= 0.3 is 5.85 Å². The molecule has 1 aromatic carbocycles. The number of amides is 1. The highest BCUT2D eigenvalue weighted by Crippen LogP contribution is 2.34. The standard InChI is InChI=1S/C21H20N6O2S/c1-22-19(28)18-12-15(9-11-23-18)13-30-20-17(8-5-10-24-20)21(27-25-14-29-21)26-16-6-3-2-4-7-16/h2-12,14,26-27H,13H2,1H3,(H,22,28). The number of para-hydroxylation sites is 1. The first-order valence-corrected chi connectivity index (χ1v) is 10.2. The van der Waals surface area contributed by atoms with Crippen molar-refractivity contribution in [2.45, 2.75) is 16.6 Å². The minimum absolute atomic E-state index is 0.216. The predicted octanol–water partition coefficient (Wildman–Crippen LogP) is 2.91. The molecule has 0 spiro atoms. The molecular weight excluding hydrogens is 400 g/mol. The fourth-order valence-electron chi connectivity index (χ4n) is 2.96. The van der Waals surface area contributed by atoms with Gasteiger partial charge in [-0.1, -0.05) is 18.2 Å². The SMILES string of the molecule is CNC(=O)c1cc(CSc2ncccc2C2(Nc3ccccc3)NN=CO2)ccn1. The van der Waals surface area contributed by atoms with E-state index in [0.717, 1.165) is 21.8 Å². The van der Waals surface area contributed by atoms with Crippen LogP contribution in [0.15, 0.2) is 77.1 Å². The number of ether oxygens (including phenoxy) is 1. The first-order chi connectivity index (χ1) is 14.7. The Morgan fingerprint density at radius 2 is 2.00 bits per heavy atom. The zero-order chi connectivity index (χ0) is 20.8. The fraction of sp³-hybridized carbons (Fsp3) is 0.143. The lowest BCUT2D eigenvalue weighted by Crippen LogP contribution is -2.45. The smallest absolute Gasteiger partial charge is 0.305 e. The van der Waals surface area contributed by atoms with Crippen LogP contribution in [0.2, 0.25) is 0 Å². The summed E-state index contributed by atoms with van der Waals surface area (Å²) in [4.78, 5) is 20.5. The van der Waals surface area contributed by atoms with E-state index in [4.69, 9.17) is 4.74 Å². The molecule has 0 saturated heterocycles. The predicted molar refractivity (Wildman–Crippen MR) is 116 cm³/mol. The quantitative estimate of drug-likeness (QED) is 0.505. The van der Waals surface area contributed by atoms with Crippen molar-refractivity contribution in [2.75, 3.05) is 12.4 Å². The first-order valence-electron chi connectivity index (χ1n) is 9.25. The Morgan fingerprint density at radius 3 is 2.77 bits per heavy atom. The lowest BCUT2D eigenvalue weighted by Gasteiger charge is -2.30. The molecule has 1 aliphatic rings. The van der Waals surface area contributed by atoms with Crippen LogP contribution in [0.25, 0.3) is 0 Å². The van der Waals surface area contributed by atoms with Crippen molar-refractivity contribution in [1.29, 1.82) is 0 Å². The number of pyridine rings is 2. The minimum Gasteiger partial charge on any atom is -0.432 e. The van der Waals surface area contributed by atoms with Crippen LogP contribution >= 0.6 is 11.8 Å². The molecule has 0 radical (unpaired) electrons. The lowest BCUT2D eigenvalue weighted by molar-refractivity contribution is 0.0795. The lowest BCUT2D eigenvalue weighted by atomic mass is 10.1. The normalized spacial score (nSPS) is 17.1. The summed E-state index contributed by atoms with van der Waals surface area (Å²) >= 11 is 1.54. The van der Waals surface area contributed by atoms with E-state index in [-0.39, 0.29) is 5.91 Å². The summed E-state index contributed by atoms with van der Waals surface area (Å²) in [7, 11) is 1.58. The maximum atomic E-state index is 11.8. The Hall–Kier alpha value is -3.59. The second kappa shape index (κ2) is 8.83. The highest BCUT2D eigenvalue weighted by atomic mass is 32.2. The molecule has 3 aromatic rings. The summed E-state index contributed by atoms with van der Waals surface area (Å²) in [5.41, 5.74) is 6.05. The van der Waals surface area contributed by atoms with Crippen LogP contribution in [0, 0.1) is 0 Å². The Kier molecular flexibility index (Phi) is 5.80. The van der Waals surface area contributed by atoms with Crippen molar-refractivity contribution in [3.05, 3.63) is 83.8 Å². The highest BCUT2D eigenvalue weighted by Gasteiger charge is 2.39. The molecule has 1 unspecified atom stereocenters. The summed E-state index contributed by atoms with van der Waals surface area (Å²) in [5.74, 6) is -0.672. The molecule has 1 atom stereocenters. The van der Waals surface area contributed by atoms with E-state index in [1.54, 1.807) is 25.5 Å². The Morgan fingerprint density at radius 1 is 1.13 bits per heavy atom. The molecule has 3 N–H and O–H groups in total. The summed E-state index contributed by atoms with van der Waals surface area (Å²) in [6, 6.07) is 17.2. The molecule has 1 amide bonds. The van der Waals surface area contributed by atoms with Crippen molar-refractivity contribution >= 4 is 29.8 Å². The van der Waals surface area contributed by atoms with E-state index < -0.39 is 5.85 Å². The second-order valence-electron chi connectivity index (χ2n) is 6.41. The van der Waals surface area contributed by atoms with Gasteiger partial charge in [0.1, 0.15) is 10.7 Å². The molecular formula is C21H20N6O2S. The number of anilines is 1. The van der Waals surface area contributed by atoms with Crippen LogP contribution < -0.4 is 16.1 Å². The highest BCUT2D eigenvalue weighted by molar-refractivity contribution is 7.98.